The number of benzene rings is 2. The summed E-state index contributed by atoms with van der Waals surface area (Å²) in [4.78, 5) is 14.1. The predicted molar refractivity (Wildman–Crippen MR) is 91.0 cm³/mol. The van der Waals surface area contributed by atoms with Gasteiger partial charge in [-0.05, 0) is 30.2 Å². The van der Waals surface area contributed by atoms with Crippen LogP contribution in [0.4, 0.5) is 20.2 Å². The highest BCUT2D eigenvalue weighted by Gasteiger charge is 2.31. The summed E-state index contributed by atoms with van der Waals surface area (Å²) < 4.78 is 52.6. The van der Waals surface area contributed by atoms with Gasteiger partial charge in [0.2, 0.25) is 15.9 Å². The summed E-state index contributed by atoms with van der Waals surface area (Å²) in [5.41, 5.74) is 0.916. The Balaban J connectivity index is 1.94. The molecule has 8 heteroatoms. The number of hydrogen-bond donors (Lipinski definition) is 0. The quantitative estimate of drug-likeness (QED) is 0.834. The van der Waals surface area contributed by atoms with E-state index in [0.29, 0.717) is 23.0 Å². The summed E-state index contributed by atoms with van der Waals surface area (Å²) in [7, 11) is -4.06. The zero-order valence-corrected chi connectivity index (χ0v) is 14.3. The second kappa shape index (κ2) is 6.44. The van der Waals surface area contributed by atoms with E-state index in [1.54, 1.807) is 12.1 Å². The zero-order valence-electron chi connectivity index (χ0n) is 13.4. The fourth-order valence-corrected chi connectivity index (χ4v) is 3.75. The molecule has 0 atom stereocenters. The average Bonchev–Trinajstić information content (AvgIpc) is 2.96. The Morgan fingerprint density at radius 3 is 2.40 bits per heavy atom. The van der Waals surface area contributed by atoms with Gasteiger partial charge in [0, 0.05) is 12.2 Å². The van der Waals surface area contributed by atoms with Crippen molar-refractivity contribution in [2.24, 2.45) is 0 Å². The van der Waals surface area contributed by atoms with E-state index in [4.69, 9.17) is 0 Å². The number of fused-ring (bicyclic) bond motifs is 1. The molecule has 0 spiro atoms. The number of sulfonamides is 1. The van der Waals surface area contributed by atoms with E-state index in [1.807, 2.05) is 12.1 Å². The minimum absolute atomic E-state index is 0.398. The molecule has 25 heavy (non-hydrogen) atoms. The molecule has 132 valence electrons. The number of anilines is 2. The molecule has 0 aromatic heterocycles. The first-order valence-corrected chi connectivity index (χ1v) is 9.44. The number of nitrogens with zero attached hydrogens (tertiary/aromatic N) is 2. The van der Waals surface area contributed by atoms with E-state index < -0.39 is 39.8 Å². The summed E-state index contributed by atoms with van der Waals surface area (Å²) in [6, 6.07) is 10.3. The maximum atomic E-state index is 14.0. The normalized spacial score (nSPS) is 13.6. The van der Waals surface area contributed by atoms with E-state index in [1.165, 1.54) is 4.90 Å². The lowest BCUT2D eigenvalue weighted by Crippen LogP contribution is -2.43. The minimum atomic E-state index is -4.06. The number of amides is 1. The molecule has 5 nitrogen and oxygen atoms in total. The smallest absolute Gasteiger partial charge is 0.247 e. The second-order valence-corrected chi connectivity index (χ2v) is 7.67. The highest BCUT2D eigenvalue weighted by Crippen LogP contribution is 2.29. The van der Waals surface area contributed by atoms with Crippen LogP contribution in [0.1, 0.15) is 5.56 Å². The fraction of sp³-hybridized carbons (Fsp3) is 0.235. The maximum Gasteiger partial charge on any atom is 0.247 e. The summed E-state index contributed by atoms with van der Waals surface area (Å²) in [5, 5.41) is 0. The van der Waals surface area contributed by atoms with Gasteiger partial charge in [-0.2, -0.15) is 0 Å². The summed E-state index contributed by atoms with van der Waals surface area (Å²) in [5.74, 6) is -2.63. The Bertz CT molecular complexity index is 911. The van der Waals surface area contributed by atoms with Gasteiger partial charge in [0.25, 0.3) is 0 Å². The van der Waals surface area contributed by atoms with Crippen LogP contribution in [0.2, 0.25) is 0 Å². The van der Waals surface area contributed by atoms with Crippen molar-refractivity contribution in [2.75, 3.05) is 28.6 Å². The monoisotopic (exact) mass is 366 g/mol. The van der Waals surface area contributed by atoms with E-state index >= 15 is 0 Å². The topological polar surface area (TPSA) is 57.7 Å². The van der Waals surface area contributed by atoms with Crippen molar-refractivity contribution in [1.29, 1.82) is 0 Å². The highest BCUT2D eigenvalue weighted by molar-refractivity contribution is 7.92. The van der Waals surface area contributed by atoms with Crippen LogP contribution in [0.25, 0.3) is 0 Å². The largest absolute Gasteiger partial charge is 0.310 e. The molecular weight excluding hydrogens is 350 g/mol. The molecule has 2 aromatic rings. The van der Waals surface area contributed by atoms with Crippen LogP contribution in [-0.2, 0) is 21.2 Å². The first kappa shape index (κ1) is 17.3. The number of rotatable bonds is 4. The number of carbonyl (C=O) groups excluding carboxylic acids is 1. The molecular formula is C17H16F2N2O3S. The number of hydrogen-bond acceptors (Lipinski definition) is 3. The van der Waals surface area contributed by atoms with Crippen molar-refractivity contribution in [2.45, 2.75) is 6.42 Å². The lowest BCUT2D eigenvalue weighted by Gasteiger charge is -2.25. The standard InChI is InChI=1S/C17H16F2N2O3S/c1-25(23,24)21(17-13(18)6-4-7-14(17)19)11-16(22)20-10-9-12-5-2-3-8-15(12)20/h2-8H,9-11H2,1H3. The van der Waals surface area contributed by atoms with Gasteiger partial charge in [-0.15, -0.1) is 0 Å². The lowest BCUT2D eigenvalue weighted by molar-refractivity contribution is -0.117. The maximum absolute atomic E-state index is 14.0. The third-order valence-corrected chi connectivity index (χ3v) is 5.17. The molecule has 1 aliphatic heterocycles. The molecule has 0 fully saturated rings. The molecule has 1 heterocycles. The number of halogens is 2. The Labute approximate surface area is 144 Å². The van der Waals surface area contributed by atoms with Crippen LogP contribution >= 0.6 is 0 Å². The molecule has 2 aromatic carbocycles. The molecule has 0 bridgehead atoms. The summed E-state index contributed by atoms with van der Waals surface area (Å²) >= 11 is 0. The Morgan fingerprint density at radius 2 is 1.76 bits per heavy atom. The molecule has 0 saturated carbocycles. The second-order valence-electron chi connectivity index (χ2n) is 5.76. The van der Waals surface area contributed by atoms with E-state index in [-0.39, 0.29) is 0 Å². The predicted octanol–water partition coefficient (Wildman–Crippen LogP) is 2.32. The van der Waals surface area contributed by atoms with Gasteiger partial charge in [-0.1, -0.05) is 24.3 Å². The van der Waals surface area contributed by atoms with Crippen molar-refractivity contribution >= 4 is 27.3 Å². The molecule has 1 amide bonds. The minimum Gasteiger partial charge on any atom is -0.310 e. The first-order valence-electron chi connectivity index (χ1n) is 7.59. The first-order chi connectivity index (χ1) is 11.8. The third kappa shape index (κ3) is 3.34. The number of para-hydroxylation sites is 2. The van der Waals surface area contributed by atoms with Crippen molar-refractivity contribution in [1.82, 2.24) is 0 Å². The Kier molecular flexibility index (Phi) is 4.47. The van der Waals surface area contributed by atoms with Crippen molar-refractivity contribution < 1.29 is 22.0 Å². The van der Waals surface area contributed by atoms with Crippen LogP contribution < -0.4 is 9.21 Å². The fourth-order valence-electron chi connectivity index (χ4n) is 2.89. The van der Waals surface area contributed by atoms with Crippen LogP contribution in [-0.4, -0.2) is 33.7 Å². The van der Waals surface area contributed by atoms with Crippen molar-refractivity contribution in [3.05, 3.63) is 59.7 Å². The SMILES string of the molecule is CS(=O)(=O)N(CC(=O)N1CCc2ccccc21)c1c(F)cccc1F. The Hall–Kier alpha value is -2.48. The molecule has 0 saturated heterocycles. The molecule has 0 unspecified atom stereocenters. The molecule has 1 aliphatic rings. The van der Waals surface area contributed by atoms with Crippen molar-refractivity contribution in [3.63, 3.8) is 0 Å². The van der Waals surface area contributed by atoms with Crippen molar-refractivity contribution in [3.8, 4) is 0 Å². The van der Waals surface area contributed by atoms with E-state index in [0.717, 1.165) is 30.0 Å². The highest BCUT2D eigenvalue weighted by atomic mass is 32.2. The average molecular weight is 366 g/mol. The van der Waals surface area contributed by atoms with Gasteiger partial charge in [0.05, 0.1) is 6.26 Å². The van der Waals surface area contributed by atoms with Crippen LogP contribution in [0, 0.1) is 11.6 Å². The zero-order chi connectivity index (χ0) is 18.2. The molecule has 3 rings (SSSR count). The molecule has 0 N–H and O–H groups in total. The van der Waals surface area contributed by atoms with E-state index in [9.17, 15) is 22.0 Å². The molecule has 0 radical (unpaired) electrons. The summed E-state index contributed by atoms with van der Waals surface area (Å²) in [6.07, 6.45) is 1.46. The lowest BCUT2D eigenvalue weighted by atomic mass is 10.2. The van der Waals surface area contributed by atoms with Gasteiger partial charge >= 0.3 is 0 Å². The third-order valence-electron chi connectivity index (χ3n) is 4.05. The van der Waals surface area contributed by atoms with E-state index in [2.05, 4.69) is 0 Å². The number of carbonyl (C=O) groups is 1. The van der Waals surface area contributed by atoms with Crippen LogP contribution in [0.3, 0.4) is 0 Å². The van der Waals surface area contributed by atoms with Gasteiger partial charge in [0.1, 0.15) is 12.2 Å². The Morgan fingerprint density at radius 1 is 1.12 bits per heavy atom. The van der Waals surface area contributed by atoms with Crippen LogP contribution in [0.5, 0.6) is 0 Å². The summed E-state index contributed by atoms with van der Waals surface area (Å²) in [6.45, 7) is -0.277. The van der Waals surface area contributed by atoms with Gasteiger partial charge in [0.15, 0.2) is 11.6 Å². The van der Waals surface area contributed by atoms with Gasteiger partial charge < -0.3 is 4.90 Å². The van der Waals surface area contributed by atoms with Gasteiger partial charge in [-0.25, -0.2) is 17.2 Å². The van der Waals surface area contributed by atoms with Gasteiger partial charge in [-0.3, -0.25) is 9.10 Å². The molecule has 0 aliphatic carbocycles. The van der Waals surface area contributed by atoms with Crippen LogP contribution in [0.15, 0.2) is 42.5 Å².